The number of benzene rings is 1. The van der Waals surface area contributed by atoms with Gasteiger partial charge in [0.1, 0.15) is 11.9 Å². The zero-order valence-corrected chi connectivity index (χ0v) is 12.4. The summed E-state index contributed by atoms with van der Waals surface area (Å²) >= 11 is 0. The number of hydrogen-bond acceptors (Lipinski definition) is 3. The van der Waals surface area contributed by atoms with Crippen LogP contribution in [0.1, 0.15) is 42.3 Å². The number of aliphatic hydroxyl groups is 1. The minimum Gasteiger partial charge on any atom is -0.491 e. The van der Waals surface area contributed by atoms with Crippen molar-refractivity contribution in [2.75, 3.05) is 0 Å². The van der Waals surface area contributed by atoms with E-state index in [2.05, 4.69) is 4.98 Å². The summed E-state index contributed by atoms with van der Waals surface area (Å²) < 4.78 is 5.76. The number of aliphatic hydroxyl groups excluding tert-OH is 1. The maximum Gasteiger partial charge on any atom is 0.125 e. The van der Waals surface area contributed by atoms with Gasteiger partial charge in [-0.15, -0.1) is 0 Å². The Labute approximate surface area is 120 Å². The van der Waals surface area contributed by atoms with Crippen molar-refractivity contribution >= 4 is 0 Å². The van der Waals surface area contributed by atoms with E-state index >= 15 is 0 Å². The van der Waals surface area contributed by atoms with Crippen molar-refractivity contribution in [3.63, 3.8) is 0 Å². The van der Waals surface area contributed by atoms with Crippen molar-refractivity contribution in [3.05, 3.63) is 58.9 Å². The molecule has 0 bridgehead atoms. The lowest BCUT2D eigenvalue weighted by molar-refractivity contribution is 0.194. The van der Waals surface area contributed by atoms with E-state index in [0.717, 1.165) is 16.7 Å². The standard InChI is InChI=1S/C17H21NO2/c1-11(2)20-15-8-6-5-7-14(15)17(19)16-13(4)9-12(3)10-18-16/h5-11,17,19H,1-4H3. The highest BCUT2D eigenvalue weighted by molar-refractivity contribution is 5.40. The summed E-state index contributed by atoms with van der Waals surface area (Å²) in [6.07, 6.45) is 1.07. The molecule has 106 valence electrons. The molecule has 1 heterocycles. The lowest BCUT2D eigenvalue weighted by atomic mass is 10.0. The Hall–Kier alpha value is -1.87. The number of rotatable bonds is 4. The third kappa shape index (κ3) is 3.17. The van der Waals surface area contributed by atoms with Crippen LogP contribution in [0.5, 0.6) is 5.75 Å². The zero-order valence-electron chi connectivity index (χ0n) is 12.4. The molecule has 0 spiro atoms. The molecule has 0 amide bonds. The fraction of sp³-hybridized carbons (Fsp3) is 0.353. The fourth-order valence-corrected chi connectivity index (χ4v) is 2.23. The van der Waals surface area contributed by atoms with Crippen molar-refractivity contribution in [2.45, 2.75) is 39.9 Å². The van der Waals surface area contributed by atoms with Crippen molar-refractivity contribution < 1.29 is 9.84 Å². The molecule has 1 aromatic carbocycles. The number of nitrogens with zero attached hydrogens (tertiary/aromatic N) is 1. The van der Waals surface area contributed by atoms with Crippen molar-refractivity contribution in [3.8, 4) is 5.75 Å². The second-order valence-corrected chi connectivity index (χ2v) is 5.32. The van der Waals surface area contributed by atoms with Crippen molar-refractivity contribution in [1.29, 1.82) is 0 Å². The molecule has 2 rings (SSSR count). The highest BCUT2D eigenvalue weighted by Crippen LogP contribution is 2.31. The third-order valence-corrected chi connectivity index (χ3v) is 3.09. The molecule has 1 aromatic heterocycles. The van der Waals surface area contributed by atoms with Gasteiger partial charge in [-0.3, -0.25) is 4.98 Å². The molecule has 2 aromatic rings. The first kappa shape index (κ1) is 14.5. The van der Waals surface area contributed by atoms with Gasteiger partial charge in [-0.25, -0.2) is 0 Å². The second kappa shape index (κ2) is 6.06. The number of pyridine rings is 1. The SMILES string of the molecule is Cc1cnc(C(O)c2ccccc2OC(C)C)c(C)c1. The van der Waals surface area contributed by atoms with Gasteiger partial charge in [-0.05, 0) is 44.9 Å². The van der Waals surface area contributed by atoms with Crippen molar-refractivity contribution in [1.82, 2.24) is 4.98 Å². The fourth-order valence-electron chi connectivity index (χ4n) is 2.23. The summed E-state index contributed by atoms with van der Waals surface area (Å²) in [6.45, 7) is 7.90. The Morgan fingerprint density at radius 1 is 1.15 bits per heavy atom. The number of ether oxygens (including phenoxy) is 1. The quantitative estimate of drug-likeness (QED) is 0.924. The van der Waals surface area contributed by atoms with E-state index in [-0.39, 0.29) is 6.10 Å². The van der Waals surface area contributed by atoms with E-state index in [4.69, 9.17) is 4.74 Å². The molecule has 0 radical (unpaired) electrons. The average molecular weight is 271 g/mol. The smallest absolute Gasteiger partial charge is 0.125 e. The molecular formula is C17H21NO2. The minimum atomic E-state index is -0.773. The van der Waals surface area contributed by atoms with Crippen LogP contribution in [0.3, 0.4) is 0 Å². The van der Waals surface area contributed by atoms with Gasteiger partial charge in [0.15, 0.2) is 0 Å². The molecule has 1 atom stereocenters. The van der Waals surface area contributed by atoms with Gasteiger partial charge in [-0.1, -0.05) is 24.3 Å². The Morgan fingerprint density at radius 2 is 1.85 bits per heavy atom. The van der Waals surface area contributed by atoms with Crippen LogP contribution in [0.15, 0.2) is 36.5 Å². The van der Waals surface area contributed by atoms with E-state index in [1.165, 1.54) is 0 Å². The number of aromatic nitrogens is 1. The van der Waals surface area contributed by atoms with Gasteiger partial charge in [0.25, 0.3) is 0 Å². The van der Waals surface area contributed by atoms with Gasteiger partial charge < -0.3 is 9.84 Å². The maximum atomic E-state index is 10.6. The van der Waals surface area contributed by atoms with Gasteiger partial charge in [0.2, 0.25) is 0 Å². The summed E-state index contributed by atoms with van der Waals surface area (Å²) in [5.41, 5.74) is 3.50. The minimum absolute atomic E-state index is 0.0652. The Bertz CT molecular complexity index is 593. The molecule has 0 saturated carbocycles. The van der Waals surface area contributed by atoms with E-state index < -0.39 is 6.10 Å². The van der Waals surface area contributed by atoms with E-state index in [0.29, 0.717) is 11.4 Å². The normalized spacial score (nSPS) is 12.5. The molecule has 0 saturated heterocycles. The largest absolute Gasteiger partial charge is 0.491 e. The van der Waals surface area contributed by atoms with E-state index in [1.54, 1.807) is 6.20 Å². The number of aryl methyl sites for hydroxylation is 2. The summed E-state index contributed by atoms with van der Waals surface area (Å²) in [5.74, 6) is 0.705. The molecule has 1 unspecified atom stereocenters. The molecular weight excluding hydrogens is 250 g/mol. The van der Waals surface area contributed by atoms with Crippen LogP contribution in [0.4, 0.5) is 0 Å². The highest BCUT2D eigenvalue weighted by Gasteiger charge is 2.19. The lowest BCUT2D eigenvalue weighted by Gasteiger charge is -2.19. The van der Waals surface area contributed by atoms with Crippen LogP contribution in [-0.4, -0.2) is 16.2 Å². The lowest BCUT2D eigenvalue weighted by Crippen LogP contribution is -2.11. The second-order valence-electron chi connectivity index (χ2n) is 5.32. The van der Waals surface area contributed by atoms with Crippen LogP contribution in [-0.2, 0) is 0 Å². The first-order chi connectivity index (χ1) is 9.49. The molecule has 0 aliphatic rings. The zero-order chi connectivity index (χ0) is 14.7. The van der Waals surface area contributed by atoms with Crippen LogP contribution >= 0.6 is 0 Å². The predicted molar refractivity (Wildman–Crippen MR) is 80.0 cm³/mol. The van der Waals surface area contributed by atoms with Gasteiger partial charge >= 0.3 is 0 Å². The Balaban J connectivity index is 2.40. The van der Waals surface area contributed by atoms with Crippen LogP contribution in [0.2, 0.25) is 0 Å². The van der Waals surface area contributed by atoms with Crippen LogP contribution < -0.4 is 4.74 Å². The summed E-state index contributed by atoms with van der Waals surface area (Å²) in [7, 11) is 0. The molecule has 20 heavy (non-hydrogen) atoms. The third-order valence-electron chi connectivity index (χ3n) is 3.09. The first-order valence-electron chi connectivity index (χ1n) is 6.86. The van der Waals surface area contributed by atoms with Crippen molar-refractivity contribution in [2.24, 2.45) is 0 Å². The van der Waals surface area contributed by atoms with Gasteiger partial charge in [0.05, 0.1) is 11.8 Å². The maximum absolute atomic E-state index is 10.6. The Kier molecular flexibility index (Phi) is 4.40. The highest BCUT2D eigenvalue weighted by atomic mass is 16.5. The molecule has 1 N–H and O–H groups in total. The Morgan fingerprint density at radius 3 is 2.50 bits per heavy atom. The summed E-state index contributed by atoms with van der Waals surface area (Å²) in [6, 6.07) is 9.58. The van der Waals surface area contributed by atoms with Crippen LogP contribution in [0, 0.1) is 13.8 Å². The van der Waals surface area contributed by atoms with E-state index in [9.17, 15) is 5.11 Å². The number of para-hydroxylation sites is 1. The first-order valence-corrected chi connectivity index (χ1v) is 6.86. The molecule has 0 fully saturated rings. The molecule has 3 heteroatoms. The molecule has 0 aliphatic carbocycles. The number of hydrogen-bond donors (Lipinski definition) is 1. The topological polar surface area (TPSA) is 42.4 Å². The van der Waals surface area contributed by atoms with Crippen LogP contribution in [0.25, 0.3) is 0 Å². The molecule has 0 aliphatic heterocycles. The summed E-state index contributed by atoms with van der Waals surface area (Å²) in [5, 5.41) is 10.6. The molecule has 3 nitrogen and oxygen atoms in total. The predicted octanol–water partition coefficient (Wildman–Crippen LogP) is 3.57. The van der Waals surface area contributed by atoms with Gasteiger partial charge in [-0.2, -0.15) is 0 Å². The van der Waals surface area contributed by atoms with Gasteiger partial charge in [0, 0.05) is 11.8 Å². The summed E-state index contributed by atoms with van der Waals surface area (Å²) in [4.78, 5) is 4.37. The van der Waals surface area contributed by atoms with E-state index in [1.807, 2.05) is 58.0 Å². The monoisotopic (exact) mass is 271 g/mol. The average Bonchev–Trinajstić information content (AvgIpc) is 2.38.